The minimum absolute atomic E-state index is 0.0718. The molecule has 0 atom stereocenters. The second-order valence-corrected chi connectivity index (χ2v) is 5.78. The Kier molecular flexibility index (Phi) is 3.64. The van der Waals surface area contributed by atoms with Crippen molar-refractivity contribution in [3.8, 4) is 0 Å². The van der Waals surface area contributed by atoms with Crippen LogP contribution in [-0.4, -0.2) is 34.6 Å². The number of carbonyl (C=O) groups is 1. The van der Waals surface area contributed by atoms with Crippen molar-refractivity contribution in [1.82, 2.24) is 9.88 Å². The van der Waals surface area contributed by atoms with Crippen LogP contribution in [0.15, 0.2) is 18.2 Å². The third kappa shape index (κ3) is 2.63. The van der Waals surface area contributed by atoms with Crippen molar-refractivity contribution in [2.45, 2.75) is 32.7 Å². The molecule has 0 spiro atoms. The van der Waals surface area contributed by atoms with E-state index in [1.54, 1.807) is 0 Å². The van der Waals surface area contributed by atoms with Gasteiger partial charge in [-0.3, -0.25) is 9.78 Å². The van der Waals surface area contributed by atoms with Crippen molar-refractivity contribution in [2.75, 3.05) is 13.6 Å². The van der Waals surface area contributed by atoms with Crippen molar-refractivity contribution >= 4 is 16.9 Å². The molecule has 4 heteroatoms. The molecule has 21 heavy (non-hydrogen) atoms. The highest BCUT2D eigenvalue weighted by atomic mass is 16.4. The summed E-state index contributed by atoms with van der Waals surface area (Å²) in [5.41, 5.74) is 5.28. The highest BCUT2D eigenvalue weighted by Gasteiger charge is 2.21. The largest absolute Gasteiger partial charge is 0.481 e. The maximum atomic E-state index is 11.3. The highest BCUT2D eigenvalue weighted by Crippen LogP contribution is 2.29. The van der Waals surface area contributed by atoms with Gasteiger partial charge in [-0.05, 0) is 42.3 Å². The Morgan fingerprint density at radius 2 is 2.24 bits per heavy atom. The number of likely N-dealkylation sites (N-methyl/N-ethyl adjacent to an activating group) is 1. The molecule has 0 saturated heterocycles. The third-order valence-electron chi connectivity index (χ3n) is 4.25. The lowest BCUT2D eigenvalue weighted by Gasteiger charge is -2.27. The molecule has 2 aromatic rings. The lowest BCUT2D eigenvalue weighted by molar-refractivity contribution is -0.136. The summed E-state index contributed by atoms with van der Waals surface area (Å²) >= 11 is 0. The Balaban J connectivity index is 2.27. The fourth-order valence-corrected chi connectivity index (χ4v) is 3.08. The van der Waals surface area contributed by atoms with Crippen LogP contribution in [0, 0.1) is 0 Å². The van der Waals surface area contributed by atoms with Gasteiger partial charge in [-0.25, -0.2) is 0 Å². The first-order valence-electron chi connectivity index (χ1n) is 7.42. The van der Waals surface area contributed by atoms with Gasteiger partial charge in [0.15, 0.2) is 0 Å². The van der Waals surface area contributed by atoms with Crippen LogP contribution in [0.4, 0.5) is 0 Å². The van der Waals surface area contributed by atoms with Crippen molar-refractivity contribution in [3.05, 3.63) is 40.6 Å². The molecule has 1 aromatic heterocycles. The normalized spacial score (nSPS) is 15.1. The quantitative estimate of drug-likeness (QED) is 0.940. The van der Waals surface area contributed by atoms with Crippen molar-refractivity contribution in [2.24, 2.45) is 0 Å². The molecular weight excluding hydrogens is 264 g/mol. The Morgan fingerprint density at radius 1 is 1.43 bits per heavy atom. The smallest absolute Gasteiger partial charge is 0.307 e. The summed E-state index contributed by atoms with van der Waals surface area (Å²) in [5, 5.41) is 10.3. The molecule has 0 bridgehead atoms. The molecule has 0 amide bonds. The summed E-state index contributed by atoms with van der Waals surface area (Å²) in [4.78, 5) is 18.3. The SMILES string of the molecule is CCc1ccc2nc3c(c(CC(=O)O)c2c1)CN(C)CC3. The molecule has 4 nitrogen and oxygen atoms in total. The molecule has 3 rings (SSSR count). The Morgan fingerprint density at radius 3 is 2.95 bits per heavy atom. The van der Waals surface area contributed by atoms with Gasteiger partial charge in [-0.15, -0.1) is 0 Å². The number of carboxylic acids is 1. The highest BCUT2D eigenvalue weighted by molar-refractivity contribution is 5.88. The molecule has 0 saturated carbocycles. The standard InChI is InChI=1S/C17H20N2O2/c1-3-11-4-5-15-13(8-11)12(9-17(20)21)14-10-19(2)7-6-16(14)18-15/h4-5,8H,3,6-7,9-10H2,1-2H3,(H,20,21). The van der Waals surface area contributed by atoms with Crippen LogP contribution in [0.3, 0.4) is 0 Å². The molecule has 110 valence electrons. The summed E-state index contributed by atoms with van der Waals surface area (Å²) < 4.78 is 0. The second kappa shape index (κ2) is 5.45. The lowest BCUT2D eigenvalue weighted by atomic mass is 9.93. The number of pyridine rings is 1. The Bertz CT molecular complexity index is 709. The zero-order chi connectivity index (χ0) is 15.0. The van der Waals surface area contributed by atoms with Gasteiger partial charge in [0.25, 0.3) is 0 Å². The molecule has 0 fully saturated rings. The fourth-order valence-electron chi connectivity index (χ4n) is 3.08. The van der Waals surface area contributed by atoms with Gasteiger partial charge in [0, 0.05) is 30.6 Å². The minimum atomic E-state index is -0.778. The number of benzene rings is 1. The number of carboxylic acid groups (broad SMARTS) is 1. The van der Waals surface area contributed by atoms with Gasteiger partial charge >= 0.3 is 5.97 Å². The van der Waals surface area contributed by atoms with E-state index in [-0.39, 0.29) is 6.42 Å². The van der Waals surface area contributed by atoms with E-state index >= 15 is 0 Å². The van der Waals surface area contributed by atoms with Gasteiger partial charge in [-0.1, -0.05) is 13.0 Å². The number of rotatable bonds is 3. The van der Waals surface area contributed by atoms with Crippen LogP contribution < -0.4 is 0 Å². The van der Waals surface area contributed by atoms with E-state index in [4.69, 9.17) is 4.98 Å². The molecule has 1 aliphatic heterocycles. The van der Waals surface area contributed by atoms with Gasteiger partial charge < -0.3 is 10.0 Å². The van der Waals surface area contributed by atoms with Crippen LogP contribution in [-0.2, 0) is 30.6 Å². The first kappa shape index (κ1) is 14.0. The summed E-state index contributed by atoms with van der Waals surface area (Å²) in [5.74, 6) is -0.778. The molecule has 0 radical (unpaired) electrons. The van der Waals surface area contributed by atoms with E-state index in [0.717, 1.165) is 53.7 Å². The Hall–Kier alpha value is -1.94. The zero-order valence-electron chi connectivity index (χ0n) is 12.5. The predicted molar refractivity (Wildman–Crippen MR) is 82.5 cm³/mol. The predicted octanol–water partition coefficient (Wildman–Crippen LogP) is 2.41. The summed E-state index contributed by atoms with van der Waals surface area (Å²) in [6.07, 6.45) is 1.91. The van der Waals surface area contributed by atoms with Crippen LogP contribution in [0.25, 0.3) is 10.9 Å². The molecular formula is C17H20N2O2. The molecule has 2 heterocycles. The number of aliphatic carboxylic acids is 1. The van der Waals surface area contributed by atoms with Gasteiger partial charge in [0.2, 0.25) is 0 Å². The molecule has 1 aliphatic rings. The monoisotopic (exact) mass is 284 g/mol. The molecule has 0 aliphatic carbocycles. The van der Waals surface area contributed by atoms with E-state index in [0.29, 0.717) is 0 Å². The summed E-state index contributed by atoms with van der Waals surface area (Å²) in [7, 11) is 2.07. The number of hydrogen-bond donors (Lipinski definition) is 1. The number of aromatic nitrogens is 1. The van der Waals surface area contributed by atoms with Crippen molar-refractivity contribution in [1.29, 1.82) is 0 Å². The van der Waals surface area contributed by atoms with Gasteiger partial charge in [0.1, 0.15) is 0 Å². The lowest BCUT2D eigenvalue weighted by Crippen LogP contribution is -2.29. The number of nitrogens with zero attached hydrogens (tertiary/aromatic N) is 2. The van der Waals surface area contributed by atoms with E-state index in [1.165, 1.54) is 5.56 Å². The van der Waals surface area contributed by atoms with Crippen LogP contribution in [0.5, 0.6) is 0 Å². The van der Waals surface area contributed by atoms with Gasteiger partial charge in [-0.2, -0.15) is 0 Å². The zero-order valence-corrected chi connectivity index (χ0v) is 12.5. The van der Waals surface area contributed by atoms with E-state index in [1.807, 2.05) is 6.07 Å². The topological polar surface area (TPSA) is 53.4 Å². The van der Waals surface area contributed by atoms with Crippen LogP contribution >= 0.6 is 0 Å². The van der Waals surface area contributed by atoms with E-state index in [9.17, 15) is 9.90 Å². The first-order chi connectivity index (χ1) is 10.1. The second-order valence-electron chi connectivity index (χ2n) is 5.78. The van der Waals surface area contributed by atoms with Crippen LogP contribution in [0.2, 0.25) is 0 Å². The average Bonchev–Trinajstić information content (AvgIpc) is 2.47. The van der Waals surface area contributed by atoms with Crippen molar-refractivity contribution < 1.29 is 9.90 Å². The van der Waals surface area contributed by atoms with Crippen molar-refractivity contribution in [3.63, 3.8) is 0 Å². The number of fused-ring (bicyclic) bond motifs is 2. The van der Waals surface area contributed by atoms with E-state index < -0.39 is 5.97 Å². The summed E-state index contributed by atoms with van der Waals surface area (Å²) in [6, 6.07) is 6.22. The Labute approximate surface area is 124 Å². The maximum absolute atomic E-state index is 11.3. The molecule has 0 unspecified atom stereocenters. The molecule has 1 N–H and O–H groups in total. The number of hydrogen-bond acceptors (Lipinski definition) is 3. The minimum Gasteiger partial charge on any atom is -0.481 e. The first-order valence-corrected chi connectivity index (χ1v) is 7.42. The summed E-state index contributed by atoms with van der Waals surface area (Å²) in [6.45, 7) is 3.87. The third-order valence-corrected chi connectivity index (χ3v) is 4.25. The molecule has 1 aromatic carbocycles. The van der Waals surface area contributed by atoms with Crippen LogP contribution in [0.1, 0.15) is 29.3 Å². The fraction of sp³-hybridized carbons (Fsp3) is 0.412. The average molecular weight is 284 g/mol. The number of aryl methyl sites for hydroxylation is 1. The van der Waals surface area contributed by atoms with Gasteiger partial charge in [0.05, 0.1) is 11.9 Å². The maximum Gasteiger partial charge on any atom is 0.307 e. The van der Waals surface area contributed by atoms with E-state index in [2.05, 4.69) is 31.0 Å².